The molecular weight excluding hydrogens is 420 g/mol. The molecule has 1 amide bonds. The average Bonchev–Trinajstić information content (AvgIpc) is 2.70. The van der Waals surface area contributed by atoms with Crippen LogP contribution in [0.1, 0.15) is 21.5 Å². The minimum atomic E-state index is -0.161. The van der Waals surface area contributed by atoms with Gasteiger partial charge in [-0.25, -0.2) is 0 Å². The van der Waals surface area contributed by atoms with Gasteiger partial charge >= 0.3 is 0 Å². The van der Waals surface area contributed by atoms with E-state index >= 15 is 0 Å². The van der Waals surface area contributed by atoms with Crippen molar-refractivity contribution >= 4 is 39.4 Å². The molecule has 0 aliphatic heterocycles. The summed E-state index contributed by atoms with van der Waals surface area (Å²) in [5.74, 6) is 0.231. The molecule has 0 radical (unpaired) electrons. The number of nitrogens with one attached hydrogen (secondary N) is 1. The Bertz CT molecular complexity index is 1030. The number of hydrogen-bond acceptors (Lipinski definition) is 4. The molecule has 3 rings (SSSR count). The molecule has 3 aromatic carbocycles. The maximum absolute atomic E-state index is 12.3. The van der Waals surface area contributed by atoms with E-state index in [1.165, 1.54) is 7.11 Å². The number of aromatic hydroxyl groups is 1. The van der Waals surface area contributed by atoms with Crippen LogP contribution in [0.4, 0.5) is 11.4 Å². The summed E-state index contributed by atoms with van der Waals surface area (Å²) in [6.45, 7) is 1.90. The van der Waals surface area contributed by atoms with Gasteiger partial charge in [0.05, 0.1) is 12.8 Å². The van der Waals surface area contributed by atoms with E-state index < -0.39 is 0 Å². The zero-order valence-electron chi connectivity index (χ0n) is 15.4. The van der Waals surface area contributed by atoms with Crippen molar-refractivity contribution in [2.75, 3.05) is 12.4 Å². The van der Waals surface area contributed by atoms with E-state index in [1.807, 2.05) is 37.3 Å². The first kappa shape index (κ1) is 19.6. The summed E-state index contributed by atoms with van der Waals surface area (Å²) < 4.78 is 5.92. The number of aliphatic imine (C=N–C) groups is 1. The van der Waals surface area contributed by atoms with Gasteiger partial charge in [0.2, 0.25) is 0 Å². The van der Waals surface area contributed by atoms with Crippen LogP contribution in [0.3, 0.4) is 0 Å². The number of phenols is 1. The lowest BCUT2D eigenvalue weighted by molar-refractivity contribution is 0.102. The van der Waals surface area contributed by atoms with Crippen molar-refractivity contribution in [3.63, 3.8) is 0 Å². The van der Waals surface area contributed by atoms with Crippen LogP contribution in [-0.4, -0.2) is 24.3 Å². The second-order valence-electron chi connectivity index (χ2n) is 6.12. The quantitative estimate of drug-likeness (QED) is 0.518. The molecule has 0 aromatic heterocycles. The molecule has 5 nitrogen and oxygen atoms in total. The van der Waals surface area contributed by atoms with Gasteiger partial charge in [0.1, 0.15) is 0 Å². The zero-order valence-corrected chi connectivity index (χ0v) is 17.0. The van der Waals surface area contributed by atoms with Crippen molar-refractivity contribution in [2.45, 2.75) is 6.92 Å². The number of ether oxygens (including phenoxy) is 1. The molecular formula is C22H19BrN2O3. The number of carbonyl (C=O) groups is 1. The summed E-state index contributed by atoms with van der Waals surface area (Å²) in [4.78, 5) is 16.7. The number of rotatable bonds is 5. The second-order valence-corrected chi connectivity index (χ2v) is 7.04. The summed E-state index contributed by atoms with van der Waals surface area (Å²) >= 11 is 3.38. The Morgan fingerprint density at radius 2 is 1.89 bits per heavy atom. The predicted octanol–water partition coefficient (Wildman–Crippen LogP) is 5.47. The summed E-state index contributed by atoms with van der Waals surface area (Å²) in [5, 5.41) is 13.1. The third-order valence-electron chi connectivity index (χ3n) is 4.14. The first-order valence-electron chi connectivity index (χ1n) is 8.55. The van der Waals surface area contributed by atoms with Gasteiger partial charge in [0.25, 0.3) is 5.91 Å². The summed E-state index contributed by atoms with van der Waals surface area (Å²) in [6.07, 6.45) is 1.57. The second kappa shape index (κ2) is 8.71. The van der Waals surface area contributed by atoms with Crippen LogP contribution in [0.2, 0.25) is 0 Å². The van der Waals surface area contributed by atoms with Crippen LogP contribution < -0.4 is 10.1 Å². The van der Waals surface area contributed by atoms with E-state index in [4.69, 9.17) is 4.74 Å². The largest absolute Gasteiger partial charge is 0.504 e. The maximum atomic E-state index is 12.3. The number of benzene rings is 3. The topological polar surface area (TPSA) is 70.9 Å². The van der Waals surface area contributed by atoms with Gasteiger partial charge in [0.15, 0.2) is 11.5 Å². The van der Waals surface area contributed by atoms with Crippen molar-refractivity contribution in [3.8, 4) is 11.5 Å². The fourth-order valence-electron chi connectivity index (χ4n) is 2.64. The highest BCUT2D eigenvalue weighted by Crippen LogP contribution is 2.33. The lowest BCUT2D eigenvalue weighted by Gasteiger charge is -2.09. The van der Waals surface area contributed by atoms with Gasteiger partial charge in [-0.3, -0.25) is 9.79 Å². The van der Waals surface area contributed by atoms with E-state index in [1.54, 1.807) is 36.5 Å². The molecule has 0 unspecified atom stereocenters. The highest BCUT2D eigenvalue weighted by molar-refractivity contribution is 9.10. The monoisotopic (exact) mass is 438 g/mol. The molecule has 0 heterocycles. The molecule has 0 fully saturated rings. The Hall–Kier alpha value is -3.12. The van der Waals surface area contributed by atoms with Gasteiger partial charge in [-0.2, -0.15) is 0 Å². The van der Waals surface area contributed by atoms with E-state index in [0.717, 1.165) is 15.7 Å². The van der Waals surface area contributed by atoms with Crippen LogP contribution in [0.25, 0.3) is 0 Å². The number of nitrogens with zero attached hydrogens (tertiary/aromatic N) is 1. The third kappa shape index (κ3) is 4.58. The summed E-state index contributed by atoms with van der Waals surface area (Å²) in [7, 11) is 1.49. The number of halogens is 1. The van der Waals surface area contributed by atoms with Gasteiger partial charge in [-0.05, 0) is 55.0 Å². The first-order valence-corrected chi connectivity index (χ1v) is 9.35. The maximum Gasteiger partial charge on any atom is 0.255 e. The molecule has 0 aliphatic carbocycles. The van der Waals surface area contributed by atoms with Crippen LogP contribution in [0.5, 0.6) is 11.5 Å². The van der Waals surface area contributed by atoms with Gasteiger partial charge < -0.3 is 15.2 Å². The van der Waals surface area contributed by atoms with Crippen molar-refractivity contribution in [1.29, 1.82) is 0 Å². The number of methoxy groups -OCH3 is 1. The molecule has 0 spiro atoms. The Kier molecular flexibility index (Phi) is 6.11. The number of carbonyl (C=O) groups excluding carboxylic acids is 1. The smallest absolute Gasteiger partial charge is 0.255 e. The molecule has 142 valence electrons. The summed E-state index contributed by atoms with van der Waals surface area (Å²) in [5.41, 5.74) is 3.44. The molecule has 28 heavy (non-hydrogen) atoms. The fraction of sp³-hybridized carbons (Fsp3) is 0.0909. The fourth-order valence-corrected chi connectivity index (χ4v) is 3.10. The van der Waals surface area contributed by atoms with Crippen LogP contribution >= 0.6 is 15.9 Å². The normalized spacial score (nSPS) is 10.8. The number of aryl methyl sites for hydroxylation is 1. The molecule has 0 bridgehead atoms. The van der Waals surface area contributed by atoms with Crippen molar-refractivity contribution in [2.24, 2.45) is 4.99 Å². The van der Waals surface area contributed by atoms with Crippen molar-refractivity contribution in [1.82, 2.24) is 0 Å². The Balaban J connectivity index is 1.79. The molecule has 2 N–H and O–H groups in total. The lowest BCUT2D eigenvalue weighted by atomic mass is 10.1. The summed E-state index contributed by atoms with van der Waals surface area (Å²) in [6, 6.07) is 18.0. The van der Waals surface area contributed by atoms with E-state index in [2.05, 4.69) is 26.2 Å². The van der Waals surface area contributed by atoms with Gasteiger partial charge in [-0.15, -0.1) is 0 Å². The Morgan fingerprint density at radius 3 is 2.57 bits per heavy atom. The molecule has 3 aromatic rings. The van der Waals surface area contributed by atoms with Crippen molar-refractivity contribution in [3.05, 3.63) is 81.8 Å². The van der Waals surface area contributed by atoms with E-state index in [9.17, 15) is 9.90 Å². The SMILES string of the molecule is COc1cc(Br)cc(C=Nc2ccc(NC(=O)c3ccccc3)c(C)c2)c1O. The van der Waals surface area contributed by atoms with Crippen molar-refractivity contribution < 1.29 is 14.6 Å². The zero-order chi connectivity index (χ0) is 20.1. The molecule has 0 saturated carbocycles. The molecule has 0 aliphatic rings. The van der Waals surface area contributed by atoms with Crippen LogP contribution in [0, 0.1) is 6.92 Å². The van der Waals surface area contributed by atoms with Gasteiger partial charge in [-0.1, -0.05) is 34.1 Å². The number of anilines is 1. The minimum absolute atomic E-state index is 0.0258. The standard InChI is InChI=1S/C22H19BrN2O3/c1-14-10-18(24-13-16-11-17(23)12-20(28-2)21(16)26)8-9-19(14)25-22(27)15-6-4-3-5-7-15/h3-13,26H,1-2H3,(H,25,27). The number of phenolic OH excluding ortho intramolecular Hbond substituents is 1. The van der Waals surface area contributed by atoms with Gasteiger partial charge in [0, 0.05) is 27.5 Å². The van der Waals surface area contributed by atoms with E-state index in [-0.39, 0.29) is 11.7 Å². The van der Waals surface area contributed by atoms with Crippen LogP contribution in [-0.2, 0) is 0 Å². The molecule has 0 saturated heterocycles. The minimum Gasteiger partial charge on any atom is -0.504 e. The Labute approximate surface area is 171 Å². The highest BCUT2D eigenvalue weighted by Gasteiger charge is 2.09. The van der Waals surface area contributed by atoms with E-state index in [0.29, 0.717) is 22.6 Å². The Morgan fingerprint density at radius 1 is 1.14 bits per heavy atom. The lowest BCUT2D eigenvalue weighted by Crippen LogP contribution is -2.12. The molecule has 0 atom stereocenters. The third-order valence-corrected chi connectivity index (χ3v) is 4.59. The van der Waals surface area contributed by atoms with Crippen LogP contribution in [0.15, 0.2) is 70.1 Å². The predicted molar refractivity (Wildman–Crippen MR) is 115 cm³/mol. The highest BCUT2D eigenvalue weighted by atomic mass is 79.9. The average molecular weight is 439 g/mol. The number of amides is 1. The first-order chi connectivity index (χ1) is 13.5. The molecule has 6 heteroatoms. The number of hydrogen-bond donors (Lipinski definition) is 2.